The van der Waals surface area contributed by atoms with Gasteiger partial charge in [0, 0.05) is 35.6 Å². The van der Waals surface area contributed by atoms with Gasteiger partial charge >= 0.3 is 0 Å². The number of carbonyl (C=O) groups is 2. The second-order valence-corrected chi connectivity index (χ2v) is 8.91. The van der Waals surface area contributed by atoms with Crippen LogP contribution in [0.2, 0.25) is 0 Å². The fourth-order valence-corrected chi connectivity index (χ4v) is 4.55. The van der Waals surface area contributed by atoms with Crippen molar-refractivity contribution in [3.8, 4) is 21.9 Å². The fraction of sp³-hybridized carbons (Fsp3) is 0.182. The number of carbonyl (C=O) groups excluding carboxylic acids is 2. The van der Waals surface area contributed by atoms with E-state index in [0.717, 1.165) is 21.0 Å². The van der Waals surface area contributed by atoms with E-state index >= 15 is 0 Å². The van der Waals surface area contributed by atoms with Crippen LogP contribution in [-0.2, 0) is 22.6 Å². The van der Waals surface area contributed by atoms with Gasteiger partial charge in [0.2, 0.25) is 11.8 Å². The number of halogens is 1. The Kier molecular flexibility index (Phi) is 6.72. The van der Waals surface area contributed by atoms with Gasteiger partial charge in [0.05, 0.1) is 23.3 Å². The number of rotatable bonds is 8. The van der Waals surface area contributed by atoms with Crippen molar-refractivity contribution in [3.05, 3.63) is 64.6 Å². The first-order valence-electron chi connectivity index (χ1n) is 9.76. The van der Waals surface area contributed by atoms with Crippen molar-refractivity contribution in [2.75, 3.05) is 5.32 Å². The van der Waals surface area contributed by atoms with Crippen LogP contribution in [0.5, 0.6) is 0 Å². The zero-order chi connectivity index (χ0) is 22.5. The minimum atomic E-state index is -0.319. The Bertz CT molecular complexity index is 1230. The van der Waals surface area contributed by atoms with Gasteiger partial charge in [-0.3, -0.25) is 9.59 Å². The molecular formula is C22H19FN4O3S2. The Morgan fingerprint density at radius 3 is 2.75 bits per heavy atom. The molecule has 4 aromatic rings. The van der Waals surface area contributed by atoms with Crippen molar-refractivity contribution in [1.82, 2.24) is 15.3 Å². The third-order valence-electron chi connectivity index (χ3n) is 4.42. The smallest absolute Gasteiger partial charge is 0.226 e. The molecule has 10 heteroatoms. The summed E-state index contributed by atoms with van der Waals surface area (Å²) in [7, 11) is 0. The number of aryl methyl sites for hydroxylation is 1. The molecule has 0 radical (unpaired) electrons. The van der Waals surface area contributed by atoms with E-state index in [1.54, 1.807) is 29.7 Å². The van der Waals surface area contributed by atoms with Crippen LogP contribution in [0.1, 0.15) is 24.1 Å². The molecule has 2 amide bonds. The highest BCUT2D eigenvalue weighted by Crippen LogP contribution is 2.31. The maximum atomic E-state index is 13.0. The van der Waals surface area contributed by atoms with E-state index in [4.69, 9.17) is 4.42 Å². The van der Waals surface area contributed by atoms with Gasteiger partial charge in [-0.15, -0.1) is 22.7 Å². The first-order valence-corrected chi connectivity index (χ1v) is 11.5. The molecule has 164 valence electrons. The highest BCUT2D eigenvalue weighted by atomic mass is 32.1. The van der Waals surface area contributed by atoms with Crippen LogP contribution >= 0.6 is 22.7 Å². The van der Waals surface area contributed by atoms with Gasteiger partial charge in [-0.05, 0) is 36.4 Å². The predicted octanol–water partition coefficient (Wildman–Crippen LogP) is 4.87. The van der Waals surface area contributed by atoms with Crippen LogP contribution in [0.4, 0.5) is 9.52 Å². The standard InChI is InChI=1S/C22H19FN4O3S2/c1-13(28)24-10-16-6-7-19(32-16)17-12-31-22(26-17)27-20(29)8-9-21-25-11-18(30-21)14-2-4-15(23)5-3-14/h2-7,11-12H,8-10H2,1H3,(H,24,28)(H,26,27,29). The van der Waals surface area contributed by atoms with E-state index < -0.39 is 0 Å². The van der Waals surface area contributed by atoms with Gasteiger partial charge in [-0.25, -0.2) is 14.4 Å². The number of anilines is 1. The first kappa shape index (κ1) is 21.8. The molecule has 0 saturated heterocycles. The lowest BCUT2D eigenvalue weighted by Crippen LogP contribution is -2.17. The van der Waals surface area contributed by atoms with E-state index in [1.807, 2.05) is 17.5 Å². The fourth-order valence-electron chi connectivity index (χ4n) is 2.84. The van der Waals surface area contributed by atoms with Crippen LogP contribution in [-0.4, -0.2) is 21.8 Å². The minimum absolute atomic E-state index is 0.0740. The van der Waals surface area contributed by atoms with Crippen LogP contribution in [0, 0.1) is 5.82 Å². The average Bonchev–Trinajstić information content (AvgIpc) is 3.52. The van der Waals surface area contributed by atoms with Crippen molar-refractivity contribution in [3.63, 3.8) is 0 Å². The molecule has 0 aliphatic heterocycles. The molecule has 0 atom stereocenters. The number of thiazole rings is 1. The first-order chi connectivity index (χ1) is 15.5. The lowest BCUT2D eigenvalue weighted by molar-refractivity contribution is -0.119. The topological polar surface area (TPSA) is 97.1 Å². The van der Waals surface area contributed by atoms with Crippen LogP contribution < -0.4 is 10.6 Å². The number of hydrogen-bond donors (Lipinski definition) is 2. The SMILES string of the molecule is CC(=O)NCc1ccc(-c2csc(NC(=O)CCc3ncc(-c4ccc(F)cc4)o3)n2)s1. The van der Waals surface area contributed by atoms with E-state index in [1.165, 1.54) is 30.4 Å². The van der Waals surface area contributed by atoms with Gasteiger partial charge in [-0.2, -0.15) is 0 Å². The molecule has 4 rings (SSSR count). The highest BCUT2D eigenvalue weighted by Gasteiger charge is 2.12. The van der Waals surface area contributed by atoms with Gasteiger partial charge in [0.1, 0.15) is 5.82 Å². The number of thiophene rings is 1. The van der Waals surface area contributed by atoms with E-state index in [0.29, 0.717) is 29.7 Å². The number of aromatic nitrogens is 2. The summed E-state index contributed by atoms with van der Waals surface area (Å²) in [6.07, 6.45) is 2.09. The van der Waals surface area contributed by atoms with Crippen LogP contribution in [0.25, 0.3) is 21.9 Å². The Hall–Kier alpha value is -3.37. The Morgan fingerprint density at radius 1 is 1.16 bits per heavy atom. The van der Waals surface area contributed by atoms with Crippen molar-refractivity contribution < 1.29 is 18.4 Å². The minimum Gasteiger partial charge on any atom is -0.441 e. The van der Waals surface area contributed by atoms with Crippen molar-refractivity contribution in [2.24, 2.45) is 0 Å². The van der Waals surface area contributed by atoms with Crippen molar-refractivity contribution in [2.45, 2.75) is 26.3 Å². The molecule has 0 spiro atoms. The molecular weight excluding hydrogens is 451 g/mol. The van der Waals surface area contributed by atoms with E-state index in [-0.39, 0.29) is 24.1 Å². The summed E-state index contributed by atoms with van der Waals surface area (Å²) in [6.45, 7) is 1.97. The van der Waals surface area contributed by atoms with Gasteiger partial charge in [-0.1, -0.05) is 0 Å². The summed E-state index contributed by atoms with van der Waals surface area (Å²) in [6, 6.07) is 9.83. The molecule has 0 unspecified atom stereocenters. The third-order valence-corrected chi connectivity index (χ3v) is 6.29. The number of hydrogen-bond acceptors (Lipinski definition) is 7. The largest absolute Gasteiger partial charge is 0.441 e. The molecule has 3 aromatic heterocycles. The molecule has 0 aliphatic rings. The van der Waals surface area contributed by atoms with Crippen LogP contribution in [0.15, 0.2) is 52.4 Å². The zero-order valence-electron chi connectivity index (χ0n) is 17.1. The molecule has 7 nitrogen and oxygen atoms in total. The zero-order valence-corrected chi connectivity index (χ0v) is 18.7. The summed E-state index contributed by atoms with van der Waals surface area (Å²) in [5.41, 5.74) is 1.50. The van der Waals surface area contributed by atoms with Crippen LogP contribution in [0.3, 0.4) is 0 Å². The lowest BCUT2D eigenvalue weighted by Gasteiger charge is -2.00. The van der Waals surface area contributed by atoms with E-state index in [2.05, 4.69) is 20.6 Å². The molecule has 3 heterocycles. The Balaban J connectivity index is 1.29. The van der Waals surface area contributed by atoms with Gasteiger partial charge in [0.25, 0.3) is 0 Å². The highest BCUT2D eigenvalue weighted by molar-refractivity contribution is 7.17. The van der Waals surface area contributed by atoms with Gasteiger partial charge in [0.15, 0.2) is 16.8 Å². The number of amides is 2. The number of oxazole rings is 1. The maximum Gasteiger partial charge on any atom is 0.226 e. The molecule has 1 aromatic carbocycles. The molecule has 0 aliphatic carbocycles. The summed E-state index contributed by atoms with van der Waals surface area (Å²) in [4.78, 5) is 34.0. The second-order valence-electron chi connectivity index (χ2n) is 6.89. The summed E-state index contributed by atoms with van der Waals surface area (Å²) in [5, 5.41) is 7.96. The molecule has 0 saturated carbocycles. The monoisotopic (exact) mass is 470 g/mol. The second kappa shape index (κ2) is 9.84. The molecule has 32 heavy (non-hydrogen) atoms. The number of nitrogens with one attached hydrogen (secondary N) is 2. The quantitative estimate of drug-likeness (QED) is 0.383. The van der Waals surface area contributed by atoms with Gasteiger partial charge < -0.3 is 15.1 Å². The average molecular weight is 471 g/mol. The van der Waals surface area contributed by atoms with E-state index in [9.17, 15) is 14.0 Å². The molecule has 2 N–H and O–H groups in total. The summed E-state index contributed by atoms with van der Waals surface area (Å²) < 4.78 is 18.7. The summed E-state index contributed by atoms with van der Waals surface area (Å²) in [5.74, 6) is 0.378. The molecule has 0 fully saturated rings. The van der Waals surface area contributed by atoms with Crippen molar-refractivity contribution in [1.29, 1.82) is 0 Å². The molecule has 0 bridgehead atoms. The maximum absolute atomic E-state index is 13.0. The lowest BCUT2D eigenvalue weighted by atomic mass is 10.2. The predicted molar refractivity (Wildman–Crippen MR) is 122 cm³/mol. The third kappa shape index (κ3) is 5.65. The Labute approximate surface area is 191 Å². The number of nitrogens with zero attached hydrogens (tertiary/aromatic N) is 2. The normalized spacial score (nSPS) is 10.8. The summed E-state index contributed by atoms with van der Waals surface area (Å²) >= 11 is 2.89. The Morgan fingerprint density at radius 2 is 1.97 bits per heavy atom. The number of benzene rings is 1. The van der Waals surface area contributed by atoms with Crippen molar-refractivity contribution >= 4 is 39.6 Å².